The van der Waals surface area contributed by atoms with E-state index in [2.05, 4.69) is 10.8 Å². The minimum absolute atomic E-state index is 0.00696. The maximum atomic E-state index is 13.1. The number of thiophene rings is 1. The van der Waals surface area contributed by atoms with Crippen LogP contribution >= 0.6 is 11.3 Å². The van der Waals surface area contributed by atoms with Crippen molar-refractivity contribution in [3.63, 3.8) is 0 Å². The molecule has 7 nitrogen and oxygen atoms in total. The highest BCUT2D eigenvalue weighted by Gasteiger charge is 2.33. The van der Waals surface area contributed by atoms with Crippen LogP contribution in [0.4, 0.5) is 0 Å². The Morgan fingerprint density at radius 3 is 2.52 bits per heavy atom. The molecule has 166 valence electrons. The molecule has 1 aromatic heterocycles. The Labute approximate surface area is 187 Å². The van der Waals surface area contributed by atoms with Crippen molar-refractivity contribution in [3.05, 3.63) is 52.9 Å². The summed E-state index contributed by atoms with van der Waals surface area (Å²) in [4.78, 5) is 28.9. The van der Waals surface area contributed by atoms with Gasteiger partial charge in [0.15, 0.2) is 0 Å². The Morgan fingerprint density at radius 1 is 1.10 bits per heavy atom. The summed E-state index contributed by atoms with van der Waals surface area (Å²) in [6, 6.07) is 10.9. The average molecular weight is 462 g/mol. The SMILES string of the molecule is CC(=O)N1CCc2ccccc2C1CC(=O)N1CCC(NS(=O)(=O)c2cccs2)CC1. The van der Waals surface area contributed by atoms with Crippen LogP contribution in [0.3, 0.4) is 0 Å². The van der Waals surface area contributed by atoms with Crippen molar-refractivity contribution in [3.8, 4) is 0 Å². The molecule has 1 unspecified atom stereocenters. The number of likely N-dealkylation sites (tertiary alicyclic amines) is 1. The first-order chi connectivity index (χ1) is 14.8. The van der Waals surface area contributed by atoms with E-state index < -0.39 is 10.0 Å². The van der Waals surface area contributed by atoms with Crippen LogP contribution in [-0.4, -0.2) is 55.7 Å². The maximum absolute atomic E-state index is 13.1. The van der Waals surface area contributed by atoms with Gasteiger partial charge in [-0.25, -0.2) is 13.1 Å². The molecule has 1 fully saturated rings. The number of amides is 2. The molecule has 2 amide bonds. The standard InChI is InChI=1S/C22H27N3O4S2/c1-16(26)25-13-8-17-5-2-3-6-19(17)20(25)15-21(27)24-11-9-18(10-12-24)23-31(28,29)22-7-4-14-30-22/h2-7,14,18,20,23H,8-13,15H2,1H3. The van der Waals surface area contributed by atoms with E-state index in [0.29, 0.717) is 36.7 Å². The second-order valence-electron chi connectivity index (χ2n) is 8.09. The fourth-order valence-electron chi connectivity index (χ4n) is 4.48. The van der Waals surface area contributed by atoms with Gasteiger partial charge in [-0.3, -0.25) is 9.59 Å². The van der Waals surface area contributed by atoms with Gasteiger partial charge < -0.3 is 9.80 Å². The molecule has 2 aliphatic heterocycles. The molecule has 2 aromatic rings. The van der Waals surface area contributed by atoms with E-state index in [0.717, 1.165) is 12.0 Å². The van der Waals surface area contributed by atoms with Gasteiger partial charge in [0.05, 0.1) is 12.5 Å². The Morgan fingerprint density at radius 2 is 1.84 bits per heavy atom. The topological polar surface area (TPSA) is 86.8 Å². The summed E-state index contributed by atoms with van der Waals surface area (Å²) in [5.74, 6) is -0.0125. The molecule has 2 aliphatic rings. The summed E-state index contributed by atoms with van der Waals surface area (Å²) in [6.07, 6.45) is 2.21. The average Bonchev–Trinajstić information content (AvgIpc) is 3.30. The number of carbonyl (C=O) groups is 2. The third-order valence-corrected chi connectivity index (χ3v) is 9.03. The molecular weight excluding hydrogens is 434 g/mol. The lowest BCUT2D eigenvalue weighted by Gasteiger charge is -2.38. The van der Waals surface area contributed by atoms with E-state index in [1.165, 1.54) is 16.9 Å². The van der Waals surface area contributed by atoms with Gasteiger partial charge in [0.2, 0.25) is 21.8 Å². The number of rotatable bonds is 5. The van der Waals surface area contributed by atoms with Crippen LogP contribution in [0, 0.1) is 0 Å². The van der Waals surface area contributed by atoms with Gasteiger partial charge in [0.25, 0.3) is 0 Å². The highest BCUT2D eigenvalue weighted by atomic mass is 32.2. The fraction of sp³-hybridized carbons (Fsp3) is 0.455. The third-order valence-electron chi connectivity index (χ3n) is 6.11. The first-order valence-electron chi connectivity index (χ1n) is 10.5. The predicted octanol–water partition coefficient (Wildman–Crippen LogP) is 2.55. The maximum Gasteiger partial charge on any atom is 0.250 e. The third kappa shape index (κ3) is 4.83. The summed E-state index contributed by atoms with van der Waals surface area (Å²) >= 11 is 1.19. The number of nitrogens with zero attached hydrogens (tertiary/aromatic N) is 2. The zero-order valence-electron chi connectivity index (χ0n) is 17.5. The highest BCUT2D eigenvalue weighted by molar-refractivity contribution is 7.91. The molecule has 1 saturated heterocycles. The second kappa shape index (κ2) is 9.10. The number of benzene rings is 1. The van der Waals surface area contributed by atoms with E-state index in [1.54, 1.807) is 34.2 Å². The van der Waals surface area contributed by atoms with Crippen LogP contribution in [0.25, 0.3) is 0 Å². The van der Waals surface area contributed by atoms with Gasteiger partial charge >= 0.3 is 0 Å². The van der Waals surface area contributed by atoms with Gasteiger partial charge in [-0.05, 0) is 41.8 Å². The Bertz CT molecular complexity index is 1040. The smallest absolute Gasteiger partial charge is 0.250 e. The lowest BCUT2D eigenvalue weighted by Crippen LogP contribution is -2.48. The van der Waals surface area contributed by atoms with Crippen molar-refractivity contribution in [2.75, 3.05) is 19.6 Å². The molecule has 31 heavy (non-hydrogen) atoms. The van der Waals surface area contributed by atoms with Crippen molar-refractivity contribution in [2.24, 2.45) is 0 Å². The van der Waals surface area contributed by atoms with Gasteiger partial charge in [-0.15, -0.1) is 11.3 Å². The lowest BCUT2D eigenvalue weighted by atomic mass is 9.90. The van der Waals surface area contributed by atoms with E-state index >= 15 is 0 Å². The van der Waals surface area contributed by atoms with Crippen molar-refractivity contribution < 1.29 is 18.0 Å². The van der Waals surface area contributed by atoms with Crippen LogP contribution < -0.4 is 4.72 Å². The molecular formula is C22H27N3O4S2. The number of carbonyl (C=O) groups excluding carboxylic acids is 2. The Balaban J connectivity index is 1.38. The molecule has 1 atom stereocenters. The molecule has 3 heterocycles. The number of hydrogen-bond donors (Lipinski definition) is 1. The molecule has 0 bridgehead atoms. The van der Waals surface area contributed by atoms with Crippen molar-refractivity contribution in [2.45, 2.75) is 48.9 Å². The van der Waals surface area contributed by atoms with Crippen LogP contribution in [0.15, 0.2) is 46.0 Å². The minimum atomic E-state index is -3.51. The summed E-state index contributed by atoms with van der Waals surface area (Å²) in [6.45, 7) is 3.18. The fourth-order valence-corrected chi connectivity index (χ4v) is 6.80. The number of piperidine rings is 1. The number of fused-ring (bicyclic) bond motifs is 1. The van der Waals surface area contributed by atoms with Gasteiger partial charge in [0.1, 0.15) is 4.21 Å². The predicted molar refractivity (Wildman–Crippen MR) is 119 cm³/mol. The quantitative estimate of drug-likeness (QED) is 0.741. The van der Waals surface area contributed by atoms with Crippen molar-refractivity contribution in [1.82, 2.24) is 14.5 Å². The molecule has 0 radical (unpaired) electrons. The molecule has 4 rings (SSSR count). The molecule has 0 saturated carbocycles. The largest absolute Gasteiger partial charge is 0.343 e. The minimum Gasteiger partial charge on any atom is -0.343 e. The second-order valence-corrected chi connectivity index (χ2v) is 11.0. The van der Waals surface area contributed by atoms with E-state index in [9.17, 15) is 18.0 Å². The molecule has 1 aromatic carbocycles. The lowest BCUT2D eigenvalue weighted by molar-refractivity contribution is -0.137. The Hall–Kier alpha value is -2.23. The summed E-state index contributed by atoms with van der Waals surface area (Å²) in [7, 11) is -3.51. The molecule has 9 heteroatoms. The van der Waals surface area contributed by atoms with E-state index in [4.69, 9.17) is 0 Å². The van der Waals surface area contributed by atoms with Crippen LogP contribution in [0.1, 0.15) is 43.4 Å². The first-order valence-corrected chi connectivity index (χ1v) is 12.9. The first kappa shape index (κ1) is 22.0. The van der Waals surface area contributed by atoms with Gasteiger partial charge in [-0.2, -0.15) is 0 Å². The number of sulfonamides is 1. The number of nitrogens with one attached hydrogen (secondary N) is 1. The zero-order valence-corrected chi connectivity index (χ0v) is 19.1. The van der Waals surface area contributed by atoms with E-state index in [-0.39, 0.29) is 30.3 Å². The van der Waals surface area contributed by atoms with Gasteiger partial charge in [0, 0.05) is 32.6 Å². The zero-order chi connectivity index (χ0) is 22.0. The normalized spacial score (nSPS) is 19.8. The van der Waals surface area contributed by atoms with Crippen LogP contribution in [-0.2, 0) is 26.0 Å². The van der Waals surface area contributed by atoms with E-state index in [1.807, 2.05) is 18.2 Å². The monoisotopic (exact) mass is 461 g/mol. The van der Waals surface area contributed by atoms with Gasteiger partial charge in [-0.1, -0.05) is 30.3 Å². The summed E-state index contributed by atoms with van der Waals surface area (Å²) < 4.78 is 28.0. The van der Waals surface area contributed by atoms with Crippen LogP contribution in [0.2, 0.25) is 0 Å². The van der Waals surface area contributed by atoms with Crippen molar-refractivity contribution >= 4 is 33.2 Å². The highest BCUT2D eigenvalue weighted by Crippen LogP contribution is 2.33. The molecule has 1 N–H and O–H groups in total. The summed E-state index contributed by atoms with van der Waals surface area (Å²) in [5.41, 5.74) is 2.25. The summed E-state index contributed by atoms with van der Waals surface area (Å²) in [5, 5.41) is 1.74. The van der Waals surface area contributed by atoms with Crippen molar-refractivity contribution in [1.29, 1.82) is 0 Å². The Kier molecular flexibility index (Phi) is 6.45. The van der Waals surface area contributed by atoms with Crippen LogP contribution in [0.5, 0.6) is 0 Å². The number of hydrogen-bond acceptors (Lipinski definition) is 5. The molecule has 0 aliphatic carbocycles. The molecule has 0 spiro atoms.